The van der Waals surface area contributed by atoms with E-state index in [0.29, 0.717) is 11.7 Å². The summed E-state index contributed by atoms with van der Waals surface area (Å²) in [5, 5.41) is 3.79. The predicted octanol–water partition coefficient (Wildman–Crippen LogP) is 1.09. The molecule has 2 heterocycles. The molecular weight excluding hydrogens is 168 g/mol. The number of nitrogens with zero attached hydrogens (tertiary/aromatic N) is 4. The lowest BCUT2D eigenvalue weighted by Gasteiger charge is -1.88. The largest absolute Gasteiger partial charge is 0.339 e. The molecule has 0 amide bonds. The Morgan fingerprint density at radius 1 is 1.31 bits per heavy atom. The Bertz CT molecular complexity index is 384. The van der Waals surface area contributed by atoms with Gasteiger partial charge in [0.05, 0.1) is 5.56 Å². The number of hydrogen-bond acceptors (Lipinski definition) is 5. The van der Waals surface area contributed by atoms with E-state index in [1.165, 1.54) is 6.33 Å². The minimum atomic E-state index is 0.539. The van der Waals surface area contributed by atoms with Gasteiger partial charge in [-0.2, -0.15) is 4.98 Å². The molecule has 0 aromatic carbocycles. The molecule has 0 saturated carbocycles. The van der Waals surface area contributed by atoms with E-state index >= 15 is 0 Å². The highest BCUT2D eigenvalue weighted by Gasteiger charge is 2.06. The highest BCUT2D eigenvalue weighted by molar-refractivity contribution is 5.50. The van der Waals surface area contributed by atoms with Crippen LogP contribution in [-0.2, 0) is 6.42 Å². The fraction of sp³-hybridized carbons (Fsp3) is 0.250. The highest BCUT2D eigenvalue weighted by Crippen LogP contribution is 2.12. The average Bonchev–Trinajstić information content (AvgIpc) is 2.67. The van der Waals surface area contributed by atoms with E-state index < -0.39 is 0 Å². The average molecular weight is 176 g/mol. The van der Waals surface area contributed by atoms with Crippen molar-refractivity contribution in [3.05, 3.63) is 24.6 Å². The second kappa shape index (κ2) is 3.30. The molecule has 2 rings (SSSR count). The van der Waals surface area contributed by atoms with Crippen molar-refractivity contribution in [3.8, 4) is 11.4 Å². The summed E-state index contributed by atoms with van der Waals surface area (Å²) in [6.45, 7) is 1.96. The third kappa shape index (κ3) is 1.53. The summed E-state index contributed by atoms with van der Waals surface area (Å²) in [4.78, 5) is 11.9. The summed E-state index contributed by atoms with van der Waals surface area (Å²) < 4.78 is 4.95. The molecule has 13 heavy (non-hydrogen) atoms. The van der Waals surface area contributed by atoms with Crippen LogP contribution in [0.5, 0.6) is 0 Å². The predicted molar refractivity (Wildman–Crippen MR) is 44.7 cm³/mol. The van der Waals surface area contributed by atoms with Gasteiger partial charge in [0, 0.05) is 18.8 Å². The summed E-state index contributed by atoms with van der Waals surface area (Å²) >= 11 is 0. The van der Waals surface area contributed by atoms with Crippen molar-refractivity contribution < 1.29 is 4.52 Å². The SMILES string of the molecule is CCc1nc(-c2cncnc2)no1. The number of aryl methyl sites for hydroxylation is 1. The molecule has 0 spiro atoms. The van der Waals surface area contributed by atoms with Gasteiger partial charge < -0.3 is 4.52 Å². The van der Waals surface area contributed by atoms with Crippen LogP contribution in [0.2, 0.25) is 0 Å². The zero-order chi connectivity index (χ0) is 9.10. The van der Waals surface area contributed by atoms with Crippen molar-refractivity contribution in [2.45, 2.75) is 13.3 Å². The summed E-state index contributed by atoms with van der Waals surface area (Å²) in [7, 11) is 0. The Balaban J connectivity index is 2.36. The lowest BCUT2D eigenvalue weighted by atomic mass is 10.3. The molecule has 5 nitrogen and oxygen atoms in total. The van der Waals surface area contributed by atoms with E-state index in [2.05, 4.69) is 20.1 Å². The van der Waals surface area contributed by atoms with Crippen LogP contribution in [0.15, 0.2) is 23.2 Å². The molecule has 0 saturated heterocycles. The van der Waals surface area contributed by atoms with Crippen molar-refractivity contribution in [1.82, 2.24) is 20.1 Å². The fourth-order valence-electron chi connectivity index (χ4n) is 0.930. The van der Waals surface area contributed by atoms with Gasteiger partial charge >= 0.3 is 0 Å². The number of hydrogen-bond donors (Lipinski definition) is 0. The molecule has 0 fully saturated rings. The second-order valence-corrected chi connectivity index (χ2v) is 2.49. The maximum absolute atomic E-state index is 4.95. The Morgan fingerprint density at radius 2 is 2.08 bits per heavy atom. The summed E-state index contributed by atoms with van der Waals surface area (Å²) in [6, 6.07) is 0. The van der Waals surface area contributed by atoms with Crippen LogP contribution in [0, 0.1) is 0 Å². The molecule has 0 atom stereocenters. The minimum Gasteiger partial charge on any atom is -0.339 e. The van der Waals surface area contributed by atoms with E-state index in [1.807, 2.05) is 6.92 Å². The molecule has 2 aromatic rings. The highest BCUT2D eigenvalue weighted by atomic mass is 16.5. The molecule has 0 aliphatic heterocycles. The van der Waals surface area contributed by atoms with E-state index in [1.54, 1.807) is 12.4 Å². The number of rotatable bonds is 2. The zero-order valence-corrected chi connectivity index (χ0v) is 7.14. The van der Waals surface area contributed by atoms with Crippen molar-refractivity contribution in [1.29, 1.82) is 0 Å². The topological polar surface area (TPSA) is 64.7 Å². The smallest absolute Gasteiger partial charge is 0.226 e. The Kier molecular flexibility index (Phi) is 1.99. The first-order valence-electron chi connectivity index (χ1n) is 3.98. The monoisotopic (exact) mass is 176 g/mol. The molecule has 0 aliphatic rings. The van der Waals surface area contributed by atoms with Crippen LogP contribution >= 0.6 is 0 Å². The lowest BCUT2D eigenvalue weighted by molar-refractivity contribution is 0.383. The van der Waals surface area contributed by atoms with Gasteiger partial charge in [-0.1, -0.05) is 12.1 Å². The molecule has 2 aromatic heterocycles. The molecule has 5 heteroatoms. The van der Waals surface area contributed by atoms with Gasteiger partial charge in [-0.15, -0.1) is 0 Å². The molecule has 0 aliphatic carbocycles. The molecule has 66 valence electrons. The molecule has 0 N–H and O–H groups in total. The van der Waals surface area contributed by atoms with E-state index in [0.717, 1.165) is 12.0 Å². The van der Waals surface area contributed by atoms with Crippen LogP contribution in [-0.4, -0.2) is 20.1 Å². The van der Waals surface area contributed by atoms with Crippen LogP contribution in [0.1, 0.15) is 12.8 Å². The molecular formula is C8H8N4O. The summed E-state index contributed by atoms with van der Waals surface area (Å²) in [5.41, 5.74) is 0.769. The Labute approximate surface area is 74.8 Å². The first-order valence-corrected chi connectivity index (χ1v) is 3.98. The number of aromatic nitrogens is 4. The van der Waals surface area contributed by atoms with Gasteiger partial charge in [-0.05, 0) is 0 Å². The van der Waals surface area contributed by atoms with Gasteiger partial charge in [0.25, 0.3) is 0 Å². The van der Waals surface area contributed by atoms with Crippen molar-refractivity contribution in [3.63, 3.8) is 0 Å². The summed E-state index contributed by atoms with van der Waals surface area (Å²) in [5.74, 6) is 1.16. The normalized spacial score (nSPS) is 10.2. The molecule has 0 radical (unpaired) electrons. The van der Waals surface area contributed by atoms with Crippen molar-refractivity contribution in [2.75, 3.05) is 0 Å². The lowest BCUT2D eigenvalue weighted by Crippen LogP contribution is -1.84. The summed E-state index contributed by atoms with van der Waals surface area (Å²) in [6.07, 6.45) is 5.50. The van der Waals surface area contributed by atoms with Gasteiger partial charge in [-0.25, -0.2) is 9.97 Å². The third-order valence-electron chi connectivity index (χ3n) is 1.59. The first-order chi connectivity index (χ1) is 6.40. The standard InChI is InChI=1S/C8H8N4O/c1-2-7-11-8(12-13-7)6-3-9-5-10-4-6/h3-5H,2H2,1H3. The first kappa shape index (κ1) is 7.85. The van der Waals surface area contributed by atoms with E-state index in [-0.39, 0.29) is 0 Å². The van der Waals surface area contributed by atoms with Gasteiger partial charge in [-0.3, -0.25) is 0 Å². The zero-order valence-electron chi connectivity index (χ0n) is 7.14. The van der Waals surface area contributed by atoms with Gasteiger partial charge in [0.2, 0.25) is 11.7 Å². The second-order valence-electron chi connectivity index (χ2n) is 2.49. The molecule has 0 bridgehead atoms. The van der Waals surface area contributed by atoms with Crippen LogP contribution < -0.4 is 0 Å². The Morgan fingerprint density at radius 3 is 2.69 bits per heavy atom. The Hall–Kier alpha value is -1.78. The third-order valence-corrected chi connectivity index (χ3v) is 1.59. The van der Waals surface area contributed by atoms with Gasteiger partial charge in [0.1, 0.15) is 6.33 Å². The van der Waals surface area contributed by atoms with Crippen molar-refractivity contribution >= 4 is 0 Å². The van der Waals surface area contributed by atoms with E-state index in [9.17, 15) is 0 Å². The van der Waals surface area contributed by atoms with Crippen LogP contribution in [0.25, 0.3) is 11.4 Å². The van der Waals surface area contributed by atoms with Crippen LogP contribution in [0.3, 0.4) is 0 Å². The van der Waals surface area contributed by atoms with Crippen LogP contribution in [0.4, 0.5) is 0 Å². The minimum absolute atomic E-state index is 0.539. The maximum atomic E-state index is 4.95. The fourth-order valence-corrected chi connectivity index (χ4v) is 0.930. The van der Waals surface area contributed by atoms with Gasteiger partial charge in [0.15, 0.2) is 0 Å². The maximum Gasteiger partial charge on any atom is 0.226 e. The molecule has 0 unspecified atom stereocenters. The van der Waals surface area contributed by atoms with Crippen molar-refractivity contribution in [2.24, 2.45) is 0 Å². The van der Waals surface area contributed by atoms with E-state index in [4.69, 9.17) is 4.52 Å². The quantitative estimate of drug-likeness (QED) is 0.685.